The predicted molar refractivity (Wildman–Crippen MR) is 406 cm³/mol. The zero-order chi connectivity index (χ0) is 76.8. The molecule has 1 aliphatic rings. The van der Waals surface area contributed by atoms with E-state index in [2.05, 4.69) is 65.6 Å². The molecule has 0 aromatic heterocycles. The highest BCUT2D eigenvalue weighted by molar-refractivity contribution is 6.61. The van der Waals surface area contributed by atoms with Crippen LogP contribution in [0.3, 0.4) is 0 Å². The van der Waals surface area contributed by atoms with Gasteiger partial charge in [-0.1, -0.05) is 188 Å². The highest BCUT2D eigenvalue weighted by Crippen LogP contribution is 2.22. The number of esters is 1. The van der Waals surface area contributed by atoms with Crippen LogP contribution in [-0.2, 0) is 79.9 Å². The van der Waals surface area contributed by atoms with E-state index in [0.717, 1.165) is 87.4 Å². The van der Waals surface area contributed by atoms with Crippen molar-refractivity contribution in [2.24, 2.45) is 0 Å². The third kappa shape index (κ3) is 35.7. The number of hydrogen-bond acceptors (Lipinski definition) is 17. The Morgan fingerprint density at radius 2 is 0.846 bits per heavy atom. The minimum atomic E-state index is -1.11. The molecular weight excluding hydrogens is 1350 g/mol. The monoisotopic (exact) mass is 1450 g/mol. The molecule has 0 radical (unpaired) electrons. The van der Waals surface area contributed by atoms with E-state index in [-0.39, 0.29) is 25.4 Å². The molecule has 0 unspecified atom stereocenters. The summed E-state index contributed by atoms with van der Waals surface area (Å²) in [5.74, 6) is -2.18. The van der Waals surface area contributed by atoms with E-state index < -0.39 is 76.7 Å². The zero-order valence-corrected chi connectivity index (χ0v) is 63.0. The van der Waals surface area contributed by atoms with Crippen LogP contribution < -0.4 is 21.3 Å². The molecule has 1 heterocycles. The number of morpholine rings is 1. The van der Waals surface area contributed by atoms with Gasteiger partial charge in [0.15, 0.2) is 0 Å². The van der Waals surface area contributed by atoms with Crippen LogP contribution in [0.5, 0.6) is 0 Å². The Bertz CT molecular complexity index is 3980. The highest BCUT2D eigenvalue weighted by atomic mass is 35.5. The summed E-state index contributed by atoms with van der Waals surface area (Å²) in [4.78, 5) is 98.4. The Balaban J connectivity index is 0.000000288. The molecule has 5 N–H and O–H groups in total. The molecule has 22 nitrogen and oxygen atoms in total. The van der Waals surface area contributed by atoms with Crippen molar-refractivity contribution in [1.29, 1.82) is 0 Å². The number of ether oxygens (including phenoxy) is 7. The second-order valence-electron chi connectivity index (χ2n) is 27.0. The molecule has 560 valence electrons. The first-order chi connectivity index (χ1) is 49.2. The largest absolute Gasteiger partial charge is 0.516 e. The molecule has 1 fully saturated rings. The number of alkyl carbamates (subject to hydrolysis) is 3. The Labute approximate surface area is 616 Å². The van der Waals surface area contributed by atoms with Crippen molar-refractivity contribution < 1.29 is 76.6 Å². The van der Waals surface area contributed by atoms with Crippen LogP contribution in [0.4, 0.5) is 24.0 Å². The predicted octanol–water partition coefficient (Wildman–Crippen LogP) is 15.0. The van der Waals surface area contributed by atoms with Crippen molar-refractivity contribution in [2.75, 3.05) is 60.7 Å². The third-order valence-corrected chi connectivity index (χ3v) is 14.6. The molecule has 104 heavy (non-hydrogen) atoms. The number of benzene rings is 8. The number of nitrogens with one attached hydrogen (secondary N) is 4. The van der Waals surface area contributed by atoms with Crippen molar-refractivity contribution in [3.8, 4) is 0 Å². The molecule has 0 saturated carbocycles. The van der Waals surface area contributed by atoms with Gasteiger partial charge in [-0.3, -0.25) is 4.79 Å². The Kier molecular flexibility index (Phi) is 36.8. The summed E-state index contributed by atoms with van der Waals surface area (Å²) in [6.45, 7) is 24.9. The van der Waals surface area contributed by atoms with Gasteiger partial charge in [-0.15, -0.1) is 0 Å². The molecule has 8 aromatic carbocycles. The zero-order valence-electron chi connectivity index (χ0n) is 62.3. The summed E-state index contributed by atoms with van der Waals surface area (Å²) < 4.78 is 34.3. The van der Waals surface area contributed by atoms with Crippen molar-refractivity contribution in [3.63, 3.8) is 0 Å². The fourth-order valence-electron chi connectivity index (χ4n) is 9.82. The number of rotatable bonds is 18. The van der Waals surface area contributed by atoms with Gasteiger partial charge >= 0.3 is 41.8 Å². The molecular formula is C81H103ClN6O16. The van der Waals surface area contributed by atoms with Crippen LogP contribution in [-0.4, -0.2) is 158 Å². The summed E-state index contributed by atoms with van der Waals surface area (Å²) in [5, 5.41) is 26.5. The van der Waals surface area contributed by atoms with E-state index in [0.29, 0.717) is 19.6 Å². The molecule has 3 atom stereocenters. The summed E-state index contributed by atoms with van der Waals surface area (Å²) in [6.07, 6.45) is -2.52. The molecule has 23 heteroatoms. The lowest BCUT2D eigenvalue weighted by Crippen LogP contribution is -2.49. The van der Waals surface area contributed by atoms with E-state index in [1.807, 2.05) is 177 Å². The molecule has 0 bridgehead atoms. The number of carbonyl (C=O) groups is 8. The Morgan fingerprint density at radius 3 is 1.19 bits per heavy atom. The lowest BCUT2D eigenvalue weighted by atomic mass is 10.0. The smallest absolute Gasteiger partial charge is 0.480 e. The molecule has 1 aliphatic heterocycles. The topological polar surface area (TPSA) is 276 Å². The minimum Gasteiger partial charge on any atom is -0.480 e. The number of nitrogens with zero attached hydrogens (tertiary/aromatic N) is 2. The van der Waals surface area contributed by atoms with Crippen LogP contribution in [0.1, 0.15) is 104 Å². The van der Waals surface area contributed by atoms with Crippen LogP contribution in [0.25, 0.3) is 32.3 Å². The van der Waals surface area contributed by atoms with Gasteiger partial charge in [0.25, 0.3) is 0 Å². The second kappa shape index (κ2) is 44.4. The van der Waals surface area contributed by atoms with E-state index in [9.17, 15) is 43.5 Å². The van der Waals surface area contributed by atoms with Crippen molar-refractivity contribution in [2.45, 2.75) is 143 Å². The third-order valence-electron chi connectivity index (χ3n) is 14.5. The standard InChI is InChI=1S/C26H30N2O3.C21H25NO6.C18H21NO4.C8H11N.C5H11NO.C3H5ClO2/c1-26(2,3)31-25(30)27-23(24(29)28(4)18-19-10-6-5-7-11-19)17-20-14-15-21-12-8-9-13-22(21)16-20;1-5-26-20(25)27-18(23)17(22-19(24)28-21(2,3)4)13-14-10-11-15-8-6-7-9-16(15)12-14;1-18(2,3)23-17(22)19-15(16(20)21)11-12-8-9-13-6-4-5-7-14(13)10-12;1-9-7-8-5-3-2-4-6-8;1-6-2-4-7-5-3-6;1-2-6-3(4)5/h5-16,23H,17-18H2,1-4H3,(H,27,30);6-12,17H,5,13H2,1-4H3,(H,22,24);4-10,15H,11H2,1-3H3,(H,19,22)(H,20,21);2-6,9H,7H2,1H3;2-5H2,1H3;2H2,1H3/t23-;17-;15-;;;/m000.../s1. The number of carbonyl (C=O) groups excluding carboxylic acids is 7. The molecule has 9 rings (SSSR count). The number of amides is 4. The lowest BCUT2D eigenvalue weighted by Gasteiger charge is -2.27. The first kappa shape index (κ1) is 86.3. The van der Waals surface area contributed by atoms with Gasteiger partial charge < -0.3 is 69.3 Å². The summed E-state index contributed by atoms with van der Waals surface area (Å²) in [5.41, 5.74) is 2.18. The van der Waals surface area contributed by atoms with Gasteiger partial charge in [-0.05, 0) is 150 Å². The lowest BCUT2D eigenvalue weighted by molar-refractivity contribution is -0.142. The first-order valence-electron chi connectivity index (χ1n) is 34.3. The maximum atomic E-state index is 13.3. The fourth-order valence-corrected chi connectivity index (χ4v) is 9.93. The van der Waals surface area contributed by atoms with Crippen LogP contribution in [0.15, 0.2) is 188 Å². The average molecular weight is 1450 g/mol. The molecule has 0 aliphatic carbocycles. The van der Waals surface area contributed by atoms with Crippen LogP contribution >= 0.6 is 11.6 Å². The summed E-state index contributed by atoms with van der Waals surface area (Å²) in [6, 6.07) is 58.5. The number of halogens is 1. The maximum Gasteiger partial charge on any atom is 0.516 e. The van der Waals surface area contributed by atoms with Gasteiger partial charge in [0.1, 0.15) is 34.9 Å². The Morgan fingerprint density at radius 1 is 0.490 bits per heavy atom. The number of carboxylic acid groups (broad SMARTS) is 1. The van der Waals surface area contributed by atoms with Gasteiger partial charge in [0.05, 0.1) is 26.4 Å². The van der Waals surface area contributed by atoms with E-state index in [4.69, 9.17) is 30.5 Å². The number of hydrogen-bond donors (Lipinski definition) is 5. The molecule has 0 spiro atoms. The average Bonchev–Trinajstić information content (AvgIpc) is 0.843. The van der Waals surface area contributed by atoms with Gasteiger partial charge in [-0.2, -0.15) is 0 Å². The SMILES string of the molecule is CC(C)(C)OC(=O)N[C@@H](Cc1ccc2ccccc2c1)C(=O)O.CCOC(=O)Cl.CCOC(=O)OC(=O)[C@H](Cc1ccc2ccccc2c1)NC(=O)OC(C)(C)C.CN(Cc1ccccc1)C(=O)[C@H](Cc1ccc2ccccc2c1)NC(=O)OC(C)(C)C.CN1CCOCC1.CNCc1ccccc1. The number of likely N-dealkylation sites (N-methyl/N-ethyl adjacent to an activating group) is 2. The maximum absolute atomic E-state index is 13.3. The minimum absolute atomic E-state index is 0.0704. The van der Waals surface area contributed by atoms with E-state index in [1.165, 1.54) is 5.56 Å². The number of carboxylic acids is 1. The quantitative estimate of drug-likeness (QED) is 0.0231. The fraction of sp³-hybridized carbons (Fsp3) is 0.383. The molecule has 8 aromatic rings. The normalized spacial score (nSPS) is 12.7. The van der Waals surface area contributed by atoms with Crippen LogP contribution in [0, 0.1) is 0 Å². The van der Waals surface area contributed by atoms with Gasteiger partial charge in [-0.25, -0.2) is 33.6 Å². The summed E-state index contributed by atoms with van der Waals surface area (Å²) in [7, 11) is 5.81. The van der Waals surface area contributed by atoms with Gasteiger partial charge in [0, 0.05) is 64.1 Å². The van der Waals surface area contributed by atoms with Crippen molar-refractivity contribution in [3.05, 3.63) is 216 Å². The molecule has 1 saturated heterocycles. The summed E-state index contributed by atoms with van der Waals surface area (Å²) >= 11 is 4.72. The number of aliphatic carboxylic acids is 1. The molecule has 4 amide bonds. The van der Waals surface area contributed by atoms with Crippen molar-refractivity contribution in [1.82, 2.24) is 31.1 Å². The first-order valence-corrected chi connectivity index (χ1v) is 34.7. The van der Waals surface area contributed by atoms with E-state index in [1.54, 1.807) is 88.1 Å². The van der Waals surface area contributed by atoms with Crippen LogP contribution in [0.2, 0.25) is 0 Å². The Hall–Kier alpha value is -10.1. The van der Waals surface area contributed by atoms with Crippen molar-refractivity contribution >= 4 is 91.6 Å². The number of fused-ring (bicyclic) bond motifs is 3. The highest BCUT2D eigenvalue weighted by Gasteiger charge is 2.30. The second-order valence-corrected chi connectivity index (χ2v) is 27.3. The van der Waals surface area contributed by atoms with Gasteiger partial charge in [0.2, 0.25) is 5.91 Å². The van der Waals surface area contributed by atoms with E-state index >= 15 is 0 Å².